The van der Waals surface area contributed by atoms with Crippen molar-refractivity contribution in [2.24, 2.45) is 0 Å². The first-order chi connectivity index (χ1) is 31.9. The Morgan fingerprint density at radius 1 is 0.773 bits per heavy atom. The maximum atomic E-state index is 13.5. The Morgan fingerprint density at radius 3 is 1.89 bits per heavy atom. The van der Waals surface area contributed by atoms with E-state index < -0.39 is 5.60 Å². The van der Waals surface area contributed by atoms with Crippen molar-refractivity contribution >= 4 is 56.9 Å². The Morgan fingerprint density at radius 2 is 1.35 bits per heavy atom. The van der Waals surface area contributed by atoms with Crippen molar-refractivity contribution in [3.8, 4) is 44.1 Å². The lowest BCUT2D eigenvalue weighted by Gasteiger charge is -2.39. The summed E-state index contributed by atoms with van der Waals surface area (Å²) in [5.41, 5.74) is 3.18. The average molecular weight is 933 g/mol. The van der Waals surface area contributed by atoms with Gasteiger partial charge in [-0.2, -0.15) is 0 Å². The second-order valence-electron chi connectivity index (χ2n) is 16.8. The topological polar surface area (TPSA) is 157 Å². The molecule has 0 bridgehead atoms. The molecule has 66 heavy (non-hydrogen) atoms. The minimum Gasteiger partial charge on any atom is -0.497 e. The summed E-state index contributed by atoms with van der Waals surface area (Å²) >= 11 is 2.99. The van der Waals surface area contributed by atoms with Crippen LogP contribution in [0.1, 0.15) is 39.2 Å². The van der Waals surface area contributed by atoms with Gasteiger partial charge in [0.2, 0.25) is 0 Å². The van der Waals surface area contributed by atoms with E-state index in [2.05, 4.69) is 14.9 Å². The summed E-state index contributed by atoms with van der Waals surface area (Å²) in [6.07, 6.45) is 5.45. The third-order valence-electron chi connectivity index (χ3n) is 11.4. The molecule has 0 N–H and O–H groups in total. The van der Waals surface area contributed by atoms with Crippen molar-refractivity contribution in [2.75, 3.05) is 47.1 Å². The van der Waals surface area contributed by atoms with Crippen LogP contribution in [0, 0.1) is 0 Å². The zero-order valence-electron chi connectivity index (χ0n) is 37.6. The van der Waals surface area contributed by atoms with Crippen molar-refractivity contribution in [3.05, 3.63) is 116 Å². The first kappa shape index (κ1) is 46.0. The highest BCUT2D eigenvalue weighted by Crippen LogP contribution is 2.34. The summed E-state index contributed by atoms with van der Waals surface area (Å²) in [5.74, 6) is 2.77. The Labute approximate surface area is 389 Å². The fourth-order valence-corrected chi connectivity index (χ4v) is 9.61. The van der Waals surface area contributed by atoms with Gasteiger partial charge in [-0.1, -0.05) is 6.07 Å². The van der Waals surface area contributed by atoms with E-state index in [4.69, 9.17) is 23.7 Å². The van der Waals surface area contributed by atoms with Crippen LogP contribution >= 0.6 is 22.7 Å². The number of hydrogen-bond donors (Lipinski definition) is 0. The van der Waals surface area contributed by atoms with Gasteiger partial charge < -0.3 is 47.4 Å². The molecule has 17 heteroatoms. The van der Waals surface area contributed by atoms with Crippen molar-refractivity contribution < 1.29 is 33.3 Å². The van der Waals surface area contributed by atoms with E-state index in [-0.39, 0.29) is 29.8 Å². The molecule has 344 valence electrons. The van der Waals surface area contributed by atoms with Crippen LogP contribution in [0.2, 0.25) is 0 Å². The van der Waals surface area contributed by atoms with Crippen LogP contribution in [0.5, 0.6) is 23.0 Å². The lowest BCUT2D eigenvalue weighted by molar-refractivity contribution is -0.108. The number of methoxy groups -OCH3 is 2. The van der Waals surface area contributed by atoms with Crippen LogP contribution in [-0.2, 0) is 29.2 Å². The van der Waals surface area contributed by atoms with Gasteiger partial charge in [-0.05, 0) is 75.6 Å². The largest absolute Gasteiger partial charge is 0.497 e. The van der Waals surface area contributed by atoms with Crippen molar-refractivity contribution in [1.29, 1.82) is 0 Å². The molecule has 0 aliphatic carbocycles. The van der Waals surface area contributed by atoms with E-state index in [0.29, 0.717) is 61.9 Å². The first-order valence-corrected chi connectivity index (χ1v) is 23.5. The zero-order valence-corrected chi connectivity index (χ0v) is 39.2. The summed E-state index contributed by atoms with van der Waals surface area (Å²) in [4.78, 5) is 62.9. The van der Waals surface area contributed by atoms with Crippen LogP contribution in [0.15, 0.2) is 99.5 Å². The smallest absolute Gasteiger partial charge is 0.410 e. The fourth-order valence-electron chi connectivity index (χ4n) is 8.28. The number of ether oxygens (including phenoxy) is 5. The van der Waals surface area contributed by atoms with E-state index in [1.807, 2.05) is 89.5 Å². The average Bonchev–Trinajstić information content (AvgIpc) is 4.07. The Balaban J connectivity index is 0.000000235. The number of thiazole rings is 2. The number of fused-ring (bicyclic) bond motifs is 3. The Hall–Kier alpha value is -6.56. The molecule has 9 rings (SSSR count). The lowest BCUT2D eigenvalue weighted by atomic mass is 10.0. The lowest BCUT2D eigenvalue weighted by Crippen LogP contribution is -2.49. The highest BCUT2D eigenvalue weighted by atomic mass is 32.1. The van der Waals surface area contributed by atoms with Gasteiger partial charge in [-0.15, -0.1) is 22.7 Å². The molecule has 1 saturated heterocycles. The molecular formula is C49H52N6O9S2. The van der Waals surface area contributed by atoms with Crippen LogP contribution in [0.3, 0.4) is 0 Å². The number of aldehydes is 1. The monoisotopic (exact) mass is 932 g/mol. The normalized spacial score (nSPS) is 14.1. The number of aromatic nitrogens is 4. The van der Waals surface area contributed by atoms with Crippen molar-refractivity contribution in [2.45, 2.75) is 64.9 Å². The third-order valence-corrected chi connectivity index (χ3v) is 13.1. The third kappa shape index (κ3) is 10.4. The molecule has 1 amide bonds. The molecule has 3 aromatic carbocycles. The molecule has 2 aliphatic rings. The Kier molecular flexibility index (Phi) is 14.2. The number of likely N-dealkylation sites (tertiary alicyclic amines) is 1. The summed E-state index contributed by atoms with van der Waals surface area (Å²) in [5, 5.41) is 7.22. The van der Waals surface area contributed by atoms with Gasteiger partial charge in [-0.3, -0.25) is 9.59 Å². The second-order valence-corrected chi connectivity index (χ2v) is 18.6. The predicted octanol–water partition coefficient (Wildman–Crippen LogP) is 8.14. The molecule has 0 spiro atoms. The van der Waals surface area contributed by atoms with Crippen LogP contribution in [0.25, 0.3) is 42.9 Å². The highest BCUT2D eigenvalue weighted by molar-refractivity contribution is 7.13. The molecule has 4 aromatic heterocycles. The zero-order chi connectivity index (χ0) is 46.4. The van der Waals surface area contributed by atoms with Gasteiger partial charge in [0.15, 0.2) is 11.5 Å². The van der Waals surface area contributed by atoms with E-state index in [1.165, 1.54) is 33.3 Å². The standard InChI is InChI=1S/C34H40N4O6S.C15H12N2O3S/c1-34(2,3)44-33(40)38(22-23-5-8-29-30(19-23)43-17-16-42-29)24-9-12-36(13-10-24)14-15-37-28-20-25(41-4)6-7-26(28)27(21-31(37)39)32-35-11-18-45-32;1-20-10-2-3-11-12(15-16-4-7-21-15)9-14(19)17(5-6-18)13(11)8-10/h5-8,11,18-21,24H,9-10,12-17,22H2,1-4H3;2-4,6-9H,5H2,1H3. The van der Waals surface area contributed by atoms with Gasteiger partial charge in [0, 0.05) is 108 Å². The molecule has 15 nitrogen and oxygen atoms in total. The van der Waals surface area contributed by atoms with Gasteiger partial charge >= 0.3 is 6.09 Å². The molecular weight excluding hydrogens is 881 g/mol. The molecule has 0 atom stereocenters. The molecule has 0 radical (unpaired) electrons. The van der Waals surface area contributed by atoms with Gasteiger partial charge in [-0.25, -0.2) is 14.8 Å². The molecule has 1 fully saturated rings. The summed E-state index contributed by atoms with van der Waals surface area (Å²) in [6.45, 7) is 10.0. The van der Waals surface area contributed by atoms with Gasteiger partial charge in [0.1, 0.15) is 46.6 Å². The van der Waals surface area contributed by atoms with Gasteiger partial charge in [0.25, 0.3) is 11.1 Å². The van der Waals surface area contributed by atoms with Crippen LogP contribution in [0.4, 0.5) is 4.79 Å². The van der Waals surface area contributed by atoms with E-state index in [9.17, 15) is 19.2 Å². The number of hydrogen-bond acceptors (Lipinski definition) is 14. The van der Waals surface area contributed by atoms with E-state index in [1.54, 1.807) is 38.7 Å². The maximum absolute atomic E-state index is 13.5. The minimum atomic E-state index is -0.601. The van der Waals surface area contributed by atoms with Crippen LogP contribution < -0.4 is 30.1 Å². The predicted molar refractivity (Wildman–Crippen MR) is 256 cm³/mol. The first-order valence-electron chi connectivity index (χ1n) is 21.7. The highest BCUT2D eigenvalue weighted by Gasteiger charge is 2.32. The molecule has 6 heterocycles. The summed E-state index contributed by atoms with van der Waals surface area (Å²) in [7, 11) is 3.20. The number of amides is 1. The van der Waals surface area contributed by atoms with Crippen molar-refractivity contribution in [1.82, 2.24) is 28.9 Å². The minimum absolute atomic E-state index is 0.0145. The van der Waals surface area contributed by atoms with Crippen LogP contribution in [-0.4, -0.2) is 100.0 Å². The number of carbonyl (C=O) groups is 2. The molecule has 7 aromatic rings. The maximum Gasteiger partial charge on any atom is 0.410 e. The molecule has 2 aliphatic heterocycles. The van der Waals surface area contributed by atoms with E-state index in [0.717, 1.165) is 74.7 Å². The van der Waals surface area contributed by atoms with Gasteiger partial charge in [0.05, 0.1) is 31.8 Å². The molecule has 0 unspecified atom stereocenters. The number of nitrogens with zero attached hydrogens (tertiary/aromatic N) is 6. The second kappa shape index (κ2) is 20.3. The summed E-state index contributed by atoms with van der Waals surface area (Å²) in [6, 6.07) is 20.4. The molecule has 0 saturated carbocycles. The number of pyridine rings is 2. The number of benzene rings is 3. The SMILES string of the molecule is COc1ccc2c(-c3nccs3)cc(=O)n(CC=O)c2c1.COc1ccc2c(-c3nccs3)cc(=O)n(CCN3CCC(N(Cc4ccc5c(c4)OCCO5)C(=O)OC(C)(C)C)CC3)c2c1. The number of rotatable bonds is 12. The summed E-state index contributed by atoms with van der Waals surface area (Å²) < 4.78 is 31.3. The quantitative estimate of drug-likeness (QED) is 0.109. The fraction of sp³-hybridized carbons (Fsp3) is 0.347. The Bertz CT molecular complexity index is 2940. The van der Waals surface area contributed by atoms with Crippen molar-refractivity contribution in [3.63, 3.8) is 0 Å². The number of carbonyl (C=O) groups excluding carboxylic acids is 2. The van der Waals surface area contributed by atoms with E-state index >= 15 is 0 Å². The number of piperidine rings is 1.